The zero-order valence-corrected chi connectivity index (χ0v) is 12.0. The van der Waals surface area contributed by atoms with Crippen molar-refractivity contribution in [2.24, 2.45) is 5.73 Å². The lowest BCUT2D eigenvalue weighted by atomic mass is 10.1. The molecule has 0 aliphatic heterocycles. The van der Waals surface area contributed by atoms with Gasteiger partial charge in [0, 0.05) is 17.4 Å². The number of carbonyl (C=O) groups excluding carboxylic acids is 2. The van der Waals surface area contributed by atoms with Crippen molar-refractivity contribution in [3.8, 4) is 0 Å². The van der Waals surface area contributed by atoms with Crippen LogP contribution in [-0.4, -0.2) is 28.9 Å². The van der Waals surface area contributed by atoms with Gasteiger partial charge in [0.05, 0.1) is 0 Å². The van der Waals surface area contributed by atoms with Crippen LogP contribution in [0.5, 0.6) is 0 Å². The highest BCUT2D eigenvalue weighted by molar-refractivity contribution is 6.00. The monoisotopic (exact) mass is 304 g/mol. The number of primary amides is 1. The quantitative estimate of drug-likeness (QED) is 0.739. The molecule has 2 rings (SSSR count). The van der Waals surface area contributed by atoms with E-state index in [1.807, 2.05) is 12.1 Å². The Kier molecular flexibility index (Phi) is 4.45. The maximum absolute atomic E-state index is 12.2. The Labute approximate surface area is 126 Å². The first-order chi connectivity index (χ1) is 10.4. The van der Waals surface area contributed by atoms with Crippen molar-refractivity contribution in [3.05, 3.63) is 35.6 Å². The van der Waals surface area contributed by atoms with Crippen LogP contribution >= 0.6 is 0 Å². The van der Waals surface area contributed by atoms with E-state index >= 15 is 0 Å². The molecule has 1 aromatic heterocycles. The molecule has 2 aromatic rings. The van der Waals surface area contributed by atoms with E-state index in [0.29, 0.717) is 11.1 Å². The minimum Gasteiger partial charge on any atom is -0.480 e. The molecule has 0 saturated heterocycles. The molecule has 2 amide bonds. The summed E-state index contributed by atoms with van der Waals surface area (Å²) in [6.45, 7) is 1.72. The molecule has 0 fully saturated rings. The van der Waals surface area contributed by atoms with Gasteiger partial charge in [0.15, 0.2) is 5.76 Å². The fourth-order valence-corrected chi connectivity index (χ4v) is 2.16. The predicted octanol–water partition coefficient (Wildman–Crippen LogP) is 1.19. The van der Waals surface area contributed by atoms with E-state index in [-0.39, 0.29) is 18.6 Å². The lowest BCUT2D eigenvalue weighted by molar-refractivity contribution is -0.139. The summed E-state index contributed by atoms with van der Waals surface area (Å²) in [6, 6.07) is 5.93. The summed E-state index contributed by atoms with van der Waals surface area (Å²) < 4.78 is 5.47. The fraction of sp³-hybridized carbons (Fsp3) is 0.267. The maximum atomic E-state index is 12.2. The Morgan fingerprint density at radius 2 is 2.00 bits per heavy atom. The first-order valence-electron chi connectivity index (χ1n) is 6.70. The highest BCUT2D eigenvalue weighted by Gasteiger charge is 2.24. The van der Waals surface area contributed by atoms with E-state index in [2.05, 4.69) is 5.32 Å². The van der Waals surface area contributed by atoms with E-state index in [4.69, 9.17) is 15.3 Å². The number of fused-ring (bicyclic) bond motifs is 1. The summed E-state index contributed by atoms with van der Waals surface area (Å²) in [5, 5.41) is 12.2. The minimum absolute atomic E-state index is 0.0616. The van der Waals surface area contributed by atoms with Gasteiger partial charge in [-0.3, -0.25) is 9.59 Å². The van der Waals surface area contributed by atoms with Crippen LogP contribution in [0.2, 0.25) is 0 Å². The Morgan fingerprint density at radius 3 is 2.59 bits per heavy atom. The number of hydrogen-bond donors (Lipinski definition) is 3. The number of carboxylic acids is 1. The van der Waals surface area contributed by atoms with E-state index in [0.717, 1.165) is 5.39 Å². The van der Waals surface area contributed by atoms with Crippen molar-refractivity contribution in [3.63, 3.8) is 0 Å². The molecule has 0 aliphatic carbocycles. The van der Waals surface area contributed by atoms with Crippen molar-refractivity contribution >= 4 is 28.8 Å². The number of hydrogen-bond acceptors (Lipinski definition) is 4. The summed E-state index contributed by atoms with van der Waals surface area (Å²) in [5.74, 6) is -2.43. The number of para-hydroxylation sites is 1. The Bertz CT molecular complexity index is 735. The summed E-state index contributed by atoms with van der Waals surface area (Å²) in [4.78, 5) is 34.1. The van der Waals surface area contributed by atoms with Gasteiger partial charge in [-0.05, 0) is 19.4 Å². The Balaban J connectivity index is 2.20. The number of aryl methyl sites for hydroxylation is 1. The van der Waals surface area contributed by atoms with Crippen LogP contribution in [0.15, 0.2) is 28.7 Å². The van der Waals surface area contributed by atoms with Gasteiger partial charge in [-0.2, -0.15) is 0 Å². The molecule has 116 valence electrons. The zero-order chi connectivity index (χ0) is 16.3. The third kappa shape index (κ3) is 3.25. The number of benzene rings is 1. The summed E-state index contributed by atoms with van der Waals surface area (Å²) in [6.07, 6.45) is -0.202. The standard InChI is InChI=1S/C15H16N2O5/c1-8-9-4-2-3-5-11(9)22-13(8)14(19)17-10(15(20)21)6-7-12(16)18/h2-5,10H,6-7H2,1H3,(H2,16,18)(H,17,19)(H,20,21). The molecular weight excluding hydrogens is 288 g/mol. The van der Waals surface area contributed by atoms with Crippen molar-refractivity contribution in [1.29, 1.82) is 0 Å². The molecule has 7 nitrogen and oxygen atoms in total. The molecule has 1 aromatic carbocycles. The van der Waals surface area contributed by atoms with Gasteiger partial charge < -0.3 is 20.6 Å². The average molecular weight is 304 g/mol. The van der Waals surface area contributed by atoms with Crippen LogP contribution in [0.4, 0.5) is 0 Å². The van der Waals surface area contributed by atoms with Crippen LogP contribution in [0, 0.1) is 6.92 Å². The smallest absolute Gasteiger partial charge is 0.326 e. The molecule has 0 saturated carbocycles. The number of nitrogens with one attached hydrogen (secondary N) is 1. The molecule has 0 spiro atoms. The van der Waals surface area contributed by atoms with Crippen molar-refractivity contribution in [2.45, 2.75) is 25.8 Å². The van der Waals surface area contributed by atoms with Crippen molar-refractivity contribution < 1.29 is 23.9 Å². The number of rotatable bonds is 6. The average Bonchev–Trinajstić information content (AvgIpc) is 2.80. The second-order valence-electron chi connectivity index (χ2n) is 4.92. The van der Waals surface area contributed by atoms with Gasteiger partial charge in [-0.15, -0.1) is 0 Å². The third-order valence-electron chi connectivity index (χ3n) is 3.33. The minimum atomic E-state index is -1.23. The second-order valence-corrected chi connectivity index (χ2v) is 4.92. The molecule has 1 unspecified atom stereocenters. The number of aliphatic carboxylic acids is 1. The number of carbonyl (C=O) groups is 3. The van der Waals surface area contributed by atoms with Crippen LogP contribution in [0.3, 0.4) is 0 Å². The zero-order valence-electron chi connectivity index (χ0n) is 12.0. The largest absolute Gasteiger partial charge is 0.480 e. The number of furan rings is 1. The van der Waals surface area contributed by atoms with Gasteiger partial charge in [0.2, 0.25) is 5.91 Å². The van der Waals surface area contributed by atoms with Gasteiger partial charge in [-0.1, -0.05) is 18.2 Å². The van der Waals surface area contributed by atoms with Gasteiger partial charge in [0.25, 0.3) is 5.91 Å². The summed E-state index contributed by atoms with van der Waals surface area (Å²) >= 11 is 0. The number of amides is 2. The molecule has 0 bridgehead atoms. The Morgan fingerprint density at radius 1 is 1.32 bits per heavy atom. The maximum Gasteiger partial charge on any atom is 0.326 e. The summed E-state index contributed by atoms with van der Waals surface area (Å²) in [7, 11) is 0. The molecule has 7 heteroatoms. The summed E-state index contributed by atoms with van der Waals surface area (Å²) in [5.41, 5.74) is 6.18. The molecular formula is C15H16N2O5. The predicted molar refractivity (Wildman–Crippen MR) is 78.3 cm³/mol. The molecule has 1 heterocycles. The Hall–Kier alpha value is -2.83. The normalized spacial score (nSPS) is 12.0. The van der Waals surface area contributed by atoms with E-state index in [1.54, 1.807) is 19.1 Å². The second kappa shape index (κ2) is 6.30. The number of nitrogens with two attached hydrogens (primary N) is 1. The van der Waals surface area contributed by atoms with Crippen LogP contribution in [0.1, 0.15) is 29.0 Å². The third-order valence-corrected chi connectivity index (χ3v) is 3.33. The highest BCUT2D eigenvalue weighted by atomic mass is 16.4. The van der Waals surface area contributed by atoms with Crippen LogP contribution in [-0.2, 0) is 9.59 Å². The highest BCUT2D eigenvalue weighted by Crippen LogP contribution is 2.24. The van der Waals surface area contributed by atoms with Crippen LogP contribution in [0.25, 0.3) is 11.0 Å². The molecule has 0 radical (unpaired) electrons. The van der Waals surface area contributed by atoms with Crippen molar-refractivity contribution in [1.82, 2.24) is 5.32 Å². The SMILES string of the molecule is Cc1c(C(=O)NC(CCC(N)=O)C(=O)O)oc2ccccc12. The first kappa shape index (κ1) is 15.6. The van der Waals surface area contributed by atoms with Crippen LogP contribution < -0.4 is 11.1 Å². The van der Waals surface area contributed by atoms with E-state index in [9.17, 15) is 14.4 Å². The fourth-order valence-electron chi connectivity index (χ4n) is 2.16. The van der Waals surface area contributed by atoms with Gasteiger partial charge in [0.1, 0.15) is 11.6 Å². The molecule has 4 N–H and O–H groups in total. The first-order valence-corrected chi connectivity index (χ1v) is 6.70. The lowest BCUT2D eigenvalue weighted by Gasteiger charge is -2.12. The number of carboxylic acid groups (broad SMARTS) is 1. The van der Waals surface area contributed by atoms with E-state index in [1.165, 1.54) is 0 Å². The molecule has 1 atom stereocenters. The molecule has 0 aliphatic rings. The lowest BCUT2D eigenvalue weighted by Crippen LogP contribution is -2.41. The topological polar surface area (TPSA) is 123 Å². The van der Waals surface area contributed by atoms with Gasteiger partial charge in [-0.25, -0.2) is 4.79 Å². The van der Waals surface area contributed by atoms with Gasteiger partial charge >= 0.3 is 5.97 Å². The van der Waals surface area contributed by atoms with Crippen molar-refractivity contribution in [2.75, 3.05) is 0 Å². The molecule has 22 heavy (non-hydrogen) atoms. The van der Waals surface area contributed by atoms with E-state index < -0.39 is 23.8 Å².